The maximum absolute atomic E-state index is 11.8. The fourth-order valence-electron chi connectivity index (χ4n) is 4.57. The molecule has 0 spiro atoms. The number of hydrogen-bond acceptors (Lipinski definition) is 4. The van der Waals surface area contributed by atoms with Crippen LogP contribution < -0.4 is 10.2 Å². The van der Waals surface area contributed by atoms with Crippen LogP contribution in [0.4, 0.5) is 5.69 Å². The molecule has 158 valence electrons. The highest BCUT2D eigenvalue weighted by Gasteiger charge is 2.24. The second-order valence-corrected chi connectivity index (χ2v) is 8.93. The van der Waals surface area contributed by atoms with Crippen molar-refractivity contribution in [3.8, 4) is 6.07 Å². The molecule has 1 aromatic carbocycles. The number of benzene rings is 1. The SMILES string of the molecule is Cc1ccc(Cl)cc1N1CCN(CCC2CCC(NC(=O)CCC#N)CC2)CC1. The number of nitrogens with zero attached hydrogens (tertiary/aromatic N) is 3. The van der Waals surface area contributed by atoms with E-state index in [2.05, 4.69) is 34.2 Å². The Bertz CT molecular complexity index is 716. The number of carbonyl (C=O) groups is 1. The van der Waals surface area contributed by atoms with E-state index in [-0.39, 0.29) is 5.91 Å². The molecule has 6 heteroatoms. The van der Waals surface area contributed by atoms with Gasteiger partial charge in [-0.05, 0) is 69.2 Å². The summed E-state index contributed by atoms with van der Waals surface area (Å²) >= 11 is 6.19. The van der Waals surface area contributed by atoms with Crippen LogP contribution >= 0.6 is 11.6 Å². The average molecular weight is 417 g/mol. The summed E-state index contributed by atoms with van der Waals surface area (Å²) in [5, 5.41) is 12.5. The minimum absolute atomic E-state index is 0.0304. The first-order chi connectivity index (χ1) is 14.0. The second kappa shape index (κ2) is 10.8. The van der Waals surface area contributed by atoms with E-state index in [4.69, 9.17) is 16.9 Å². The molecule has 0 bridgehead atoms. The van der Waals surface area contributed by atoms with E-state index >= 15 is 0 Å². The Balaban J connectivity index is 1.34. The Kier molecular flexibility index (Phi) is 8.20. The second-order valence-electron chi connectivity index (χ2n) is 8.49. The summed E-state index contributed by atoms with van der Waals surface area (Å²) in [7, 11) is 0. The largest absolute Gasteiger partial charge is 0.369 e. The third-order valence-corrected chi connectivity index (χ3v) is 6.65. The summed E-state index contributed by atoms with van der Waals surface area (Å²) in [5.74, 6) is 0.804. The van der Waals surface area contributed by atoms with Gasteiger partial charge >= 0.3 is 0 Å². The Morgan fingerprint density at radius 3 is 2.62 bits per heavy atom. The fourth-order valence-corrected chi connectivity index (χ4v) is 4.73. The molecule has 1 heterocycles. The number of rotatable bonds is 7. The number of piperazine rings is 1. The van der Waals surface area contributed by atoms with Crippen molar-refractivity contribution in [3.05, 3.63) is 28.8 Å². The van der Waals surface area contributed by atoms with E-state index < -0.39 is 0 Å². The van der Waals surface area contributed by atoms with E-state index in [1.165, 1.54) is 37.1 Å². The van der Waals surface area contributed by atoms with Gasteiger partial charge in [0, 0.05) is 55.8 Å². The molecule has 5 nitrogen and oxygen atoms in total. The van der Waals surface area contributed by atoms with Crippen LogP contribution in [0.2, 0.25) is 5.02 Å². The van der Waals surface area contributed by atoms with Crippen molar-refractivity contribution in [2.24, 2.45) is 5.92 Å². The molecular weight excluding hydrogens is 384 g/mol. The molecule has 0 aromatic heterocycles. The molecule has 0 unspecified atom stereocenters. The van der Waals surface area contributed by atoms with Crippen LogP contribution in [0.3, 0.4) is 0 Å². The topological polar surface area (TPSA) is 59.4 Å². The van der Waals surface area contributed by atoms with Crippen molar-refractivity contribution < 1.29 is 4.79 Å². The molecule has 1 aliphatic carbocycles. The Hall–Kier alpha value is -1.77. The molecular formula is C23H33ClN4O. The molecule has 1 N–H and O–H groups in total. The lowest BCUT2D eigenvalue weighted by Crippen LogP contribution is -2.47. The minimum atomic E-state index is 0.0304. The van der Waals surface area contributed by atoms with Crippen molar-refractivity contribution in [2.75, 3.05) is 37.6 Å². The van der Waals surface area contributed by atoms with Gasteiger partial charge in [-0.1, -0.05) is 17.7 Å². The Labute approximate surface area is 180 Å². The van der Waals surface area contributed by atoms with Crippen molar-refractivity contribution in [1.29, 1.82) is 5.26 Å². The number of anilines is 1. The van der Waals surface area contributed by atoms with Gasteiger partial charge in [0.15, 0.2) is 0 Å². The van der Waals surface area contributed by atoms with Crippen LogP contribution in [0.15, 0.2) is 18.2 Å². The summed E-state index contributed by atoms with van der Waals surface area (Å²) in [6, 6.07) is 8.49. The summed E-state index contributed by atoms with van der Waals surface area (Å²) in [5.41, 5.74) is 2.56. The van der Waals surface area contributed by atoms with Gasteiger partial charge in [-0.2, -0.15) is 5.26 Å². The molecule has 1 amide bonds. The third kappa shape index (κ3) is 6.62. The van der Waals surface area contributed by atoms with Gasteiger partial charge in [0.25, 0.3) is 0 Å². The van der Waals surface area contributed by atoms with E-state index in [1.807, 2.05) is 12.1 Å². The van der Waals surface area contributed by atoms with E-state index in [0.29, 0.717) is 18.9 Å². The highest BCUT2D eigenvalue weighted by molar-refractivity contribution is 6.30. The first-order valence-corrected chi connectivity index (χ1v) is 11.3. The lowest BCUT2D eigenvalue weighted by atomic mass is 9.84. The van der Waals surface area contributed by atoms with Crippen molar-refractivity contribution in [3.63, 3.8) is 0 Å². The Morgan fingerprint density at radius 2 is 1.93 bits per heavy atom. The van der Waals surface area contributed by atoms with Gasteiger partial charge in [0.1, 0.15) is 0 Å². The van der Waals surface area contributed by atoms with E-state index in [1.54, 1.807) is 0 Å². The lowest BCUT2D eigenvalue weighted by Gasteiger charge is -2.38. The third-order valence-electron chi connectivity index (χ3n) is 6.41. The summed E-state index contributed by atoms with van der Waals surface area (Å²) in [6.07, 6.45) is 6.44. The van der Waals surface area contributed by atoms with Crippen LogP contribution in [-0.2, 0) is 4.79 Å². The Morgan fingerprint density at radius 1 is 1.21 bits per heavy atom. The summed E-state index contributed by atoms with van der Waals surface area (Å²) in [6.45, 7) is 7.66. The van der Waals surface area contributed by atoms with Crippen LogP contribution in [0, 0.1) is 24.2 Å². The van der Waals surface area contributed by atoms with Gasteiger partial charge in [-0.15, -0.1) is 0 Å². The molecule has 1 aliphatic heterocycles. The smallest absolute Gasteiger partial charge is 0.221 e. The maximum atomic E-state index is 11.8. The number of halogens is 1. The van der Waals surface area contributed by atoms with Gasteiger partial charge in [0.05, 0.1) is 6.07 Å². The number of nitrogens with one attached hydrogen (secondary N) is 1. The number of aryl methyl sites for hydroxylation is 1. The summed E-state index contributed by atoms with van der Waals surface area (Å²) in [4.78, 5) is 16.8. The molecule has 2 aliphatic rings. The molecule has 1 aromatic rings. The highest BCUT2D eigenvalue weighted by atomic mass is 35.5. The van der Waals surface area contributed by atoms with E-state index in [0.717, 1.165) is 50.0 Å². The molecule has 1 saturated heterocycles. The number of hydrogen-bond donors (Lipinski definition) is 1. The first-order valence-electron chi connectivity index (χ1n) is 10.9. The zero-order valence-corrected chi connectivity index (χ0v) is 18.3. The molecule has 29 heavy (non-hydrogen) atoms. The number of carbonyl (C=O) groups excluding carboxylic acids is 1. The van der Waals surface area contributed by atoms with Crippen LogP contribution in [0.5, 0.6) is 0 Å². The van der Waals surface area contributed by atoms with Gasteiger partial charge in [-0.3, -0.25) is 9.69 Å². The normalized spacial score (nSPS) is 22.9. The van der Waals surface area contributed by atoms with Gasteiger partial charge < -0.3 is 10.2 Å². The molecule has 3 rings (SSSR count). The van der Waals surface area contributed by atoms with Crippen LogP contribution in [-0.4, -0.2) is 49.6 Å². The zero-order valence-electron chi connectivity index (χ0n) is 17.5. The predicted octanol–water partition coefficient (Wildman–Crippen LogP) is 4.14. The van der Waals surface area contributed by atoms with Crippen molar-refractivity contribution in [2.45, 2.75) is 57.9 Å². The van der Waals surface area contributed by atoms with Gasteiger partial charge in [0.2, 0.25) is 5.91 Å². The quantitative estimate of drug-likeness (QED) is 0.725. The van der Waals surface area contributed by atoms with Crippen LogP contribution in [0.25, 0.3) is 0 Å². The fraction of sp³-hybridized carbons (Fsp3) is 0.652. The number of amides is 1. The van der Waals surface area contributed by atoms with Crippen LogP contribution in [0.1, 0.15) is 50.5 Å². The monoisotopic (exact) mass is 416 g/mol. The number of nitriles is 1. The standard InChI is InChI=1S/C23H33ClN4O/c1-18-4-7-20(24)17-22(18)28-15-13-27(14-16-28)12-10-19-5-8-21(9-6-19)26-23(29)3-2-11-25/h4,7,17,19,21H,2-3,5-6,8-10,12-16H2,1H3,(H,26,29). The predicted molar refractivity (Wildman–Crippen MR) is 118 cm³/mol. The molecule has 2 fully saturated rings. The molecule has 1 saturated carbocycles. The average Bonchev–Trinajstić information content (AvgIpc) is 2.74. The minimum Gasteiger partial charge on any atom is -0.369 e. The molecule has 0 radical (unpaired) electrons. The maximum Gasteiger partial charge on any atom is 0.221 e. The first kappa shape index (κ1) is 21.9. The van der Waals surface area contributed by atoms with Gasteiger partial charge in [-0.25, -0.2) is 0 Å². The lowest BCUT2D eigenvalue weighted by molar-refractivity contribution is -0.122. The zero-order chi connectivity index (χ0) is 20.6. The summed E-state index contributed by atoms with van der Waals surface area (Å²) < 4.78 is 0. The van der Waals surface area contributed by atoms with Crippen molar-refractivity contribution in [1.82, 2.24) is 10.2 Å². The highest BCUT2D eigenvalue weighted by Crippen LogP contribution is 2.28. The van der Waals surface area contributed by atoms with Crippen molar-refractivity contribution >= 4 is 23.2 Å². The molecule has 0 atom stereocenters. The van der Waals surface area contributed by atoms with E-state index in [9.17, 15) is 4.79 Å².